The standard InChI is InChI=1S/C15H10INO3/c1-9-5-6-12(19-9)8-13-15(18)20-14(17-13)10-3-2-4-11(16)7-10/h2-8H,1H3/b13-8-. The molecular weight excluding hydrogens is 369 g/mol. The lowest BCUT2D eigenvalue weighted by atomic mass is 10.2. The molecule has 1 aromatic carbocycles. The van der Waals surface area contributed by atoms with E-state index in [9.17, 15) is 4.79 Å². The van der Waals surface area contributed by atoms with Gasteiger partial charge in [-0.1, -0.05) is 6.07 Å². The van der Waals surface area contributed by atoms with Crippen molar-refractivity contribution in [2.45, 2.75) is 6.92 Å². The highest BCUT2D eigenvalue weighted by Crippen LogP contribution is 2.20. The summed E-state index contributed by atoms with van der Waals surface area (Å²) in [6.45, 7) is 1.84. The van der Waals surface area contributed by atoms with Gasteiger partial charge in [0.05, 0.1) is 0 Å². The van der Waals surface area contributed by atoms with Gasteiger partial charge in [0.25, 0.3) is 0 Å². The van der Waals surface area contributed by atoms with E-state index in [1.807, 2.05) is 37.3 Å². The van der Waals surface area contributed by atoms with Gasteiger partial charge in [-0.25, -0.2) is 9.79 Å². The van der Waals surface area contributed by atoms with Crippen LogP contribution in [0.15, 0.2) is 51.5 Å². The van der Waals surface area contributed by atoms with Crippen molar-refractivity contribution in [1.29, 1.82) is 0 Å². The number of aryl methyl sites for hydroxylation is 1. The summed E-state index contributed by atoms with van der Waals surface area (Å²) in [4.78, 5) is 16.0. The van der Waals surface area contributed by atoms with Gasteiger partial charge in [-0.15, -0.1) is 0 Å². The molecule has 0 saturated carbocycles. The molecule has 1 aliphatic rings. The van der Waals surface area contributed by atoms with Gasteiger partial charge in [0.1, 0.15) is 11.5 Å². The first-order chi connectivity index (χ1) is 9.61. The zero-order valence-electron chi connectivity index (χ0n) is 10.6. The Bertz CT molecular complexity index is 743. The molecule has 0 saturated heterocycles. The summed E-state index contributed by atoms with van der Waals surface area (Å²) in [5, 5.41) is 0. The zero-order valence-corrected chi connectivity index (χ0v) is 12.7. The van der Waals surface area contributed by atoms with Gasteiger partial charge in [0.2, 0.25) is 5.90 Å². The SMILES string of the molecule is Cc1ccc(/C=C2\N=C(c3cccc(I)c3)OC2=O)o1. The minimum absolute atomic E-state index is 0.244. The molecule has 0 bridgehead atoms. The number of furan rings is 1. The van der Waals surface area contributed by atoms with Crippen LogP contribution in [0.2, 0.25) is 0 Å². The quantitative estimate of drug-likeness (QED) is 0.456. The van der Waals surface area contributed by atoms with E-state index in [-0.39, 0.29) is 5.70 Å². The monoisotopic (exact) mass is 379 g/mol. The van der Waals surface area contributed by atoms with E-state index in [0.29, 0.717) is 11.7 Å². The first-order valence-corrected chi connectivity index (χ1v) is 7.04. The topological polar surface area (TPSA) is 51.8 Å². The third kappa shape index (κ3) is 2.67. The van der Waals surface area contributed by atoms with Crippen molar-refractivity contribution in [3.63, 3.8) is 0 Å². The Morgan fingerprint density at radius 1 is 1.25 bits per heavy atom. The van der Waals surface area contributed by atoms with E-state index in [1.54, 1.807) is 12.1 Å². The fourth-order valence-electron chi connectivity index (χ4n) is 1.82. The molecule has 0 aliphatic carbocycles. The fraction of sp³-hybridized carbons (Fsp3) is 0.0667. The number of hydrogen-bond donors (Lipinski definition) is 0. The third-order valence-corrected chi connectivity index (χ3v) is 3.40. The Balaban J connectivity index is 1.94. The van der Waals surface area contributed by atoms with Crippen LogP contribution in [0.1, 0.15) is 17.1 Å². The van der Waals surface area contributed by atoms with Crippen molar-refractivity contribution >= 4 is 40.5 Å². The number of esters is 1. The number of nitrogens with zero attached hydrogens (tertiary/aromatic N) is 1. The largest absolute Gasteiger partial charge is 0.462 e. The molecule has 2 heterocycles. The van der Waals surface area contributed by atoms with Crippen LogP contribution in [0.25, 0.3) is 6.08 Å². The van der Waals surface area contributed by atoms with E-state index in [0.717, 1.165) is 14.9 Å². The van der Waals surface area contributed by atoms with Gasteiger partial charge in [-0.2, -0.15) is 0 Å². The molecule has 1 aromatic heterocycles. The lowest BCUT2D eigenvalue weighted by Crippen LogP contribution is -2.05. The third-order valence-electron chi connectivity index (χ3n) is 2.73. The zero-order chi connectivity index (χ0) is 14.1. The van der Waals surface area contributed by atoms with Gasteiger partial charge in [0.15, 0.2) is 5.70 Å². The van der Waals surface area contributed by atoms with Gasteiger partial charge in [0, 0.05) is 15.2 Å². The number of carbonyl (C=O) groups is 1. The molecule has 4 nitrogen and oxygen atoms in total. The van der Waals surface area contributed by atoms with Crippen molar-refractivity contribution in [2.75, 3.05) is 0 Å². The summed E-state index contributed by atoms with van der Waals surface area (Å²) in [5.74, 6) is 1.23. The van der Waals surface area contributed by atoms with Crippen LogP contribution in [-0.2, 0) is 9.53 Å². The Hall–Kier alpha value is -1.89. The second kappa shape index (κ2) is 5.24. The van der Waals surface area contributed by atoms with Crippen molar-refractivity contribution in [3.8, 4) is 0 Å². The van der Waals surface area contributed by atoms with Crippen LogP contribution in [0.5, 0.6) is 0 Å². The predicted molar refractivity (Wildman–Crippen MR) is 83.2 cm³/mol. The lowest BCUT2D eigenvalue weighted by molar-refractivity contribution is -0.129. The molecule has 20 heavy (non-hydrogen) atoms. The number of ether oxygens (including phenoxy) is 1. The average Bonchev–Trinajstić information content (AvgIpc) is 2.97. The Morgan fingerprint density at radius 3 is 2.80 bits per heavy atom. The van der Waals surface area contributed by atoms with E-state index in [1.165, 1.54) is 0 Å². The summed E-state index contributed by atoms with van der Waals surface area (Å²) in [6.07, 6.45) is 1.58. The molecular formula is C15H10INO3. The summed E-state index contributed by atoms with van der Waals surface area (Å²) in [7, 11) is 0. The Kier molecular flexibility index (Phi) is 3.43. The van der Waals surface area contributed by atoms with Crippen LogP contribution in [0.4, 0.5) is 0 Å². The van der Waals surface area contributed by atoms with E-state index in [2.05, 4.69) is 27.6 Å². The van der Waals surface area contributed by atoms with E-state index in [4.69, 9.17) is 9.15 Å². The number of rotatable bonds is 2. The van der Waals surface area contributed by atoms with Gasteiger partial charge >= 0.3 is 5.97 Å². The predicted octanol–water partition coefficient (Wildman–Crippen LogP) is 3.54. The van der Waals surface area contributed by atoms with Crippen molar-refractivity contribution in [2.24, 2.45) is 4.99 Å². The maximum Gasteiger partial charge on any atom is 0.363 e. The van der Waals surface area contributed by atoms with Crippen molar-refractivity contribution < 1.29 is 13.9 Å². The molecule has 0 unspecified atom stereocenters. The second-order valence-corrected chi connectivity index (χ2v) is 5.54. The lowest BCUT2D eigenvalue weighted by Gasteiger charge is -1.99. The number of aliphatic imine (C=N–C) groups is 1. The first kappa shape index (κ1) is 13.1. The average molecular weight is 379 g/mol. The maximum absolute atomic E-state index is 11.8. The summed E-state index contributed by atoms with van der Waals surface area (Å²) < 4.78 is 11.6. The van der Waals surface area contributed by atoms with Crippen LogP contribution in [-0.4, -0.2) is 11.9 Å². The highest BCUT2D eigenvalue weighted by Gasteiger charge is 2.24. The van der Waals surface area contributed by atoms with E-state index >= 15 is 0 Å². The second-order valence-electron chi connectivity index (χ2n) is 4.29. The molecule has 0 atom stereocenters. The molecule has 5 heteroatoms. The maximum atomic E-state index is 11.8. The summed E-state index contributed by atoms with van der Waals surface area (Å²) in [6, 6.07) is 11.2. The number of halogens is 1. The van der Waals surface area contributed by atoms with Crippen LogP contribution >= 0.6 is 22.6 Å². The molecule has 0 fully saturated rings. The number of carbonyl (C=O) groups excluding carboxylic acids is 1. The highest BCUT2D eigenvalue weighted by atomic mass is 127. The highest BCUT2D eigenvalue weighted by molar-refractivity contribution is 14.1. The number of hydrogen-bond acceptors (Lipinski definition) is 4. The molecule has 0 N–H and O–H groups in total. The molecule has 0 amide bonds. The molecule has 0 spiro atoms. The molecule has 2 aromatic rings. The minimum Gasteiger partial charge on any atom is -0.462 e. The number of cyclic esters (lactones) is 1. The smallest absolute Gasteiger partial charge is 0.363 e. The minimum atomic E-state index is -0.465. The normalized spacial score (nSPS) is 16.4. The summed E-state index contributed by atoms with van der Waals surface area (Å²) >= 11 is 2.20. The molecule has 0 radical (unpaired) electrons. The number of benzene rings is 1. The first-order valence-electron chi connectivity index (χ1n) is 5.97. The van der Waals surface area contributed by atoms with E-state index < -0.39 is 5.97 Å². The van der Waals surface area contributed by atoms with Crippen LogP contribution in [0.3, 0.4) is 0 Å². The van der Waals surface area contributed by atoms with Gasteiger partial charge in [-0.05, 0) is 59.8 Å². The van der Waals surface area contributed by atoms with Crippen molar-refractivity contribution in [1.82, 2.24) is 0 Å². The summed E-state index contributed by atoms with van der Waals surface area (Å²) in [5.41, 5.74) is 1.03. The molecule has 1 aliphatic heterocycles. The van der Waals surface area contributed by atoms with Crippen LogP contribution < -0.4 is 0 Å². The van der Waals surface area contributed by atoms with Gasteiger partial charge in [-0.3, -0.25) is 0 Å². The van der Waals surface area contributed by atoms with Crippen molar-refractivity contribution in [3.05, 3.63) is 62.7 Å². The fourth-order valence-corrected chi connectivity index (χ4v) is 2.36. The Morgan fingerprint density at radius 2 is 2.10 bits per heavy atom. The van der Waals surface area contributed by atoms with Crippen LogP contribution in [0, 0.1) is 10.5 Å². The Labute approximate surface area is 129 Å². The molecule has 100 valence electrons. The van der Waals surface area contributed by atoms with Gasteiger partial charge < -0.3 is 9.15 Å². The molecule has 3 rings (SSSR count).